The van der Waals surface area contributed by atoms with Gasteiger partial charge in [-0.1, -0.05) is 22.0 Å². The van der Waals surface area contributed by atoms with Crippen LogP contribution in [0, 0.1) is 0 Å². The summed E-state index contributed by atoms with van der Waals surface area (Å²) in [5.74, 6) is 5.32. The number of benzene rings is 1. The number of hydrogen-bond acceptors (Lipinski definition) is 2. The Balaban J connectivity index is 3.17. The van der Waals surface area contributed by atoms with Crippen molar-refractivity contribution in [2.45, 2.75) is 18.6 Å². The van der Waals surface area contributed by atoms with Gasteiger partial charge in [-0.05, 0) is 30.2 Å². The summed E-state index contributed by atoms with van der Waals surface area (Å²) >= 11 is 3.21. The Hall–Kier alpha value is -0.850. The molecule has 0 bridgehead atoms. The van der Waals surface area contributed by atoms with Crippen LogP contribution in [0.4, 0.5) is 13.2 Å². The molecule has 2 nitrogen and oxygen atoms in total. The summed E-state index contributed by atoms with van der Waals surface area (Å²) in [6.45, 7) is 3.54. The maximum atomic E-state index is 12.6. The topological polar surface area (TPSA) is 38.0 Å². The maximum Gasteiger partial charge on any atom is 0.416 e. The van der Waals surface area contributed by atoms with E-state index in [9.17, 15) is 13.2 Å². The van der Waals surface area contributed by atoms with Crippen molar-refractivity contribution < 1.29 is 13.2 Å². The Morgan fingerprint density at radius 2 is 2.12 bits per heavy atom. The fourth-order valence-electron chi connectivity index (χ4n) is 1.44. The number of alkyl halides is 3. The van der Waals surface area contributed by atoms with Crippen LogP contribution in [-0.4, -0.2) is 0 Å². The quantitative estimate of drug-likeness (QED) is 0.507. The summed E-state index contributed by atoms with van der Waals surface area (Å²) in [6, 6.07) is 3.07. The molecule has 17 heavy (non-hydrogen) atoms. The van der Waals surface area contributed by atoms with Gasteiger partial charge < -0.3 is 0 Å². The van der Waals surface area contributed by atoms with Crippen LogP contribution < -0.4 is 11.3 Å². The molecular weight excluding hydrogens is 297 g/mol. The SMILES string of the molecule is C=CCC(NN)c1cc(C(F)(F)F)ccc1Br. The molecule has 0 aliphatic carbocycles. The number of halogens is 4. The molecule has 6 heteroatoms. The van der Waals surface area contributed by atoms with Gasteiger partial charge in [0.15, 0.2) is 0 Å². The van der Waals surface area contributed by atoms with Crippen LogP contribution in [-0.2, 0) is 6.18 Å². The molecule has 0 fully saturated rings. The van der Waals surface area contributed by atoms with Gasteiger partial charge >= 0.3 is 6.18 Å². The minimum Gasteiger partial charge on any atom is -0.271 e. The summed E-state index contributed by atoms with van der Waals surface area (Å²) in [7, 11) is 0. The van der Waals surface area contributed by atoms with E-state index in [0.29, 0.717) is 16.5 Å². The van der Waals surface area contributed by atoms with Gasteiger partial charge in [0.25, 0.3) is 0 Å². The molecule has 0 radical (unpaired) electrons. The number of rotatable bonds is 4. The van der Waals surface area contributed by atoms with E-state index in [-0.39, 0.29) is 0 Å². The lowest BCUT2D eigenvalue weighted by Crippen LogP contribution is -2.28. The smallest absolute Gasteiger partial charge is 0.271 e. The highest BCUT2D eigenvalue weighted by atomic mass is 79.9. The second kappa shape index (κ2) is 5.66. The van der Waals surface area contributed by atoms with Crippen molar-refractivity contribution in [1.29, 1.82) is 0 Å². The van der Waals surface area contributed by atoms with E-state index >= 15 is 0 Å². The Morgan fingerprint density at radius 3 is 2.59 bits per heavy atom. The van der Waals surface area contributed by atoms with E-state index in [1.165, 1.54) is 6.07 Å². The Bertz CT molecular complexity index is 404. The molecule has 0 saturated heterocycles. The Morgan fingerprint density at radius 1 is 1.47 bits per heavy atom. The molecule has 0 heterocycles. The van der Waals surface area contributed by atoms with Crippen molar-refractivity contribution in [1.82, 2.24) is 5.43 Å². The molecule has 3 N–H and O–H groups in total. The first-order valence-electron chi connectivity index (χ1n) is 4.83. The zero-order valence-electron chi connectivity index (χ0n) is 8.89. The molecule has 1 aromatic carbocycles. The largest absolute Gasteiger partial charge is 0.416 e. The zero-order chi connectivity index (χ0) is 13.1. The molecule has 0 saturated carbocycles. The Labute approximate surface area is 106 Å². The normalized spacial score (nSPS) is 13.5. The third-order valence-electron chi connectivity index (χ3n) is 2.30. The lowest BCUT2D eigenvalue weighted by atomic mass is 10.0. The first-order chi connectivity index (χ1) is 7.90. The average molecular weight is 309 g/mol. The van der Waals surface area contributed by atoms with Crippen molar-refractivity contribution >= 4 is 15.9 Å². The predicted octanol–water partition coefficient (Wildman–Crippen LogP) is 3.55. The van der Waals surface area contributed by atoms with Gasteiger partial charge in [0, 0.05) is 4.47 Å². The highest BCUT2D eigenvalue weighted by molar-refractivity contribution is 9.10. The number of nitrogens with two attached hydrogens (primary N) is 1. The second-order valence-electron chi connectivity index (χ2n) is 3.48. The van der Waals surface area contributed by atoms with Crippen LogP contribution in [0.2, 0.25) is 0 Å². The maximum absolute atomic E-state index is 12.6. The lowest BCUT2D eigenvalue weighted by Gasteiger charge is -2.18. The first-order valence-corrected chi connectivity index (χ1v) is 5.63. The fourth-order valence-corrected chi connectivity index (χ4v) is 1.96. The van der Waals surface area contributed by atoms with E-state index in [1.54, 1.807) is 6.08 Å². The number of hydrazine groups is 1. The van der Waals surface area contributed by atoms with E-state index in [2.05, 4.69) is 27.9 Å². The summed E-state index contributed by atoms with van der Waals surface area (Å²) < 4.78 is 38.3. The van der Waals surface area contributed by atoms with Crippen LogP contribution in [0.15, 0.2) is 35.3 Å². The molecule has 0 spiro atoms. The summed E-state index contributed by atoms with van der Waals surface area (Å²) in [4.78, 5) is 0. The van der Waals surface area contributed by atoms with Crippen molar-refractivity contribution in [3.8, 4) is 0 Å². The average Bonchev–Trinajstić information content (AvgIpc) is 2.25. The van der Waals surface area contributed by atoms with Gasteiger partial charge in [0.05, 0.1) is 11.6 Å². The van der Waals surface area contributed by atoms with Gasteiger partial charge in [-0.15, -0.1) is 6.58 Å². The minimum absolute atomic E-state index is 0.399. The minimum atomic E-state index is -4.36. The lowest BCUT2D eigenvalue weighted by molar-refractivity contribution is -0.137. The van der Waals surface area contributed by atoms with Gasteiger partial charge in [0.1, 0.15) is 0 Å². The molecule has 1 aromatic rings. The third kappa shape index (κ3) is 3.55. The highest BCUT2D eigenvalue weighted by Crippen LogP contribution is 2.34. The van der Waals surface area contributed by atoms with Crippen LogP contribution in [0.25, 0.3) is 0 Å². The van der Waals surface area contributed by atoms with Crippen molar-refractivity contribution in [2.75, 3.05) is 0 Å². The van der Waals surface area contributed by atoms with Gasteiger partial charge in [-0.3, -0.25) is 11.3 Å². The van der Waals surface area contributed by atoms with Crippen LogP contribution in [0.3, 0.4) is 0 Å². The molecule has 1 rings (SSSR count). The number of nitrogens with one attached hydrogen (secondary N) is 1. The predicted molar refractivity (Wildman–Crippen MR) is 64.0 cm³/mol. The molecule has 0 aromatic heterocycles. The zero-order valence-corrected chi connectivity index (χ0v) is 10.5. The highest BCUT2D eigenvalue weighted by Gasteiger charge is 2.31. The molecule has 0 amide bonds. The fraction of sp³-hybridized carbons (Fsp3) is 0.273. The van der Waals surface area contributed by atoms with Gasteiger partial charge in [-0.25, -0.2) is 0 Å². The van der Waals surface area contributed by atoms with Crippen LogP contribution in [0.5, 0.6) is 0 Å². The third-order valence-corrected chi connectivity index (χ3v) is 3.02. The Kier molecular flexibility index (Phi) is 4.73. The molecule has 94 valence electrons. The monoisotopic (exact) mass is 308 g/mol. The summed E-state index contributed by atoms with van der Waals surface area (Å²) in [5, 5.41) is 0. The molecule has 1 unspecified atom stereocenters. The van der Waals surface area contributed by atoms with Crippen LogP contribution in [0.1, 0.15) is 23.6 Å². The molecule has 0 aliphatic heterocycles. The van der Waals surface area contributed by atoms with Gasteiger partial charge in [0.2, 0.25) is 0 Å². The van der Waals surface area contributed by atoms with Crippen molar-refractivity contribution in [3.63, 3.8) is 0 Å². The van der Waals surface area contributed by atoms with E-state index < -0.39 is 17.8 Å². The number of hydrogen-bond donors (Lipinski definition) is 2. The second-order valence-corrected chi connectivity index (χ2v) is 4.33. The van der Waals surface area contributed by atoms with E-state index in [4.69, 9.17) is 5.84 Å². The first kappa shape index (κ1) is 14.2. The van der Waals surface area contributed by atoms with Crippen LogP contribution >= 0.6 is 15.9 Å². The molecule has 1 atom stereocenters. The molecular formula is C11H12BrF3N2. The van der Waals surface area contributed by atoms with Crippen molar-refractivity contribution in [2.24, 2.45) is 5.84 Å². The van der Waals surface area contributed by atoms with Crippen molar-refractivity contribution in [3.05, 3.63) is 46.5 Å². The van der Waals surface area contributed by atoms with E-state index in [1.807, 2.05) is 0 Å². The van der Waals surface area contributed by atoms with Gasteiger partial charge in [-0.2, -0.15) is 13.2 Å². The molecule has 0 aliphatic rings. The van der Waals surface area contributed by atoms with E-state index in [0.717, 1.165) is 12.1 Å². The summed E-state index contributed by atoms with van der Waals surface area (Å²) in [6.07, 6.45) is -2.32. The standard InChI is InChI=1S/C11H12BrF3N2/c1-2-3-10(17-16)8-6-7(11(13,14)15)4-5-9(8)12/h2,4-6,10,17H,1,3,16H2. The summed E-state index contributed by atoms with van der Waals surface area (Å²) in [5.41, 5.74) is 2.24.